The van der Waals surface area contributed by atoms with E-state index >= 15 is 0 Å². The third kappa shape index (κ3) is 6.89. The number of nitrogens with one attached hydrogen (secondary N) is 1. The largest absolute Gasteiger partial charge is 0.381 e. The smallest absolute Gasteiger partial charge is 0.224 e. The van der Waals surface area contributed by atoms with Crippen molar-refractivity contribution in [2.24, 2.45) is 0 Å². The van der Waals surface area contributed by atoms with Gasteiger partial charge in [-0.15, -0.1) is 0 Å². The van der Waals surface area contributed by atoms with E-state index in [0.717, 1.165) is 31.6 Å². The first-order valence-corrected chi connectivity index (χ1v) is 9.49. The Balaban J connectivity index is 1.61. The van der Waals surface area contributed by atoms with Crippen LogP contribution in [0.25, 0.3) is 0 Å². The molecule has 0 spiro atoms. The number of nitrogens with zero attached hydrogens (tertiary/aromatic N) is 1. The lowest BCUT2D eigenvalue weighted by Crippen LogP contribution is -2.21. The molecule has 0 unspecified atom stereocenters. The highest BCUT2D eigenvalue weighted by atomic mass is 16.5. The van der Waals surface area contributed by atoms with Gasteiger partial charge in [-0.3, -0.25) is 4.79 Å². The highest BCUT2D eigenvalue weighted by molar-refractivity contribution is 5.90. The zero-order valence-corrected chi connectivity index (χ0v) is 15.9. The summed E-state index contributed by atoms with van der Waals surface area (Å²) in [5, 5.41) is 2.95. The van der Waals surface area contributed by atoms with Crippen LogP contribution in [-0.2, 0) is 16.0 Å². The summed E-state index contributed by atoms with van der Waals surface area (Å²) in [7, 11) is 0. The molecule has 0 atom stereocenters. The van der Waals surface area contributed by atoms with E-state index in [1.54, 1.807) is 0 Å². The molecular weight excluding hydrogens is 324 g/mol. The number of carbonyl (C=O) groups excluding carboxylic acids is 1. The van der Waals surface area contributed by atoms with Crippen LogP contribution < -0.4 is 10.2 Å². The van der Waals surface area contributed by atoms with E-state index < -0.39 is 0 Å². The molecule has 0 heterocycles. The summed E-state index contributed by atoms with van der Waals surface area (Å²) in [6, 6.07) is 18.3. The molecule has 2 aromatic rings. The molecule has 4 nitrogen and oxygen atoms in total. The highest BCUT2D eigenvalue weighted by Crippen LogP contribution is 2.17. The first-order valence-electron chi connectivity index (χ1n) is 9.49. The van der Waals surface area contributed by atoms with Gasteiger partial charge in [-0.1, -0.05) is 30.3 Å². The minimum atomic E-state index is 0.0345. The summed E-state index contributed by atoms with van der Waals surface area (Å²) >= 11 is 0. The number of amides is 1. The van der Waals surface area contributed by atoms with Crippen LogP contribution in [0.3, 0.4) is 0 Å². The molecule has 1 N–H and O–H groups in total. The fourth-order valence-electron chi connectivity index (χ4n) is 2.84. The normalized spacial score (nSPS) is 10.5. The minimum absolute atomic E-state index is 0.0345. The van der Waals surface area contributed by atoms with E-state index in [1.807, 2.05) is 30.3 Å². The first-order chi connectivity index (χ1) is 12.7. The Morgan fingerprint density at radius 3 is 2.31 bits per heavy atom. The molecule has 26 heavy (non-hydrogen) atoms. The van der Waals surface area contributed by atoms with E-state index in [-0.39, 0.29) is 5.91 Å². The van der Waals surface area contributed by atoms with Gasteiger partial charge in [0.05, 0.1) is 6.61 Å². The Hall–Kier alpha value is -2.33. The lowest BCUT2D eigenvalue weighted by atomic mass is 10.2. The highest BCUT2D eigenvalue weighted by Gasteiger charge is 2.04. The Bertz CT molecular complexity index is 637. The van der Waals surface area contributed by atoms with Crippen LogP contribution in [0, 0.1) is 0 Å². The monoisotopic (exact) mass is 354 g/mol. The first kappa shape index (κ1) is 20.0. The molecule has 0 saturated heterocycles. The number of carbonyl (C=O) groups is 1. The molecule has 4 heteroatoms. The number of anilines is 2. The molecular formula is C22H30N2O2. The van der Waals surface area contributed by atoms with Crippen LogP contribution in [-0.4, -0.2) is 32.2 Å². The van der Waals surface area contributed by atoms with Gasteiger partial charge >= 0.3 is 0 Å². The standard InChI is InChI=1S/C22H30N2O2/c1-3-24(4-2)21-14-12-20(13-15-21)23-22(25)11-8-17-26-18-16-19-9-6-5-7-10-19/h5-7,9-10,12-15H,3-4,8,11,16-18H2,1-2H3,(H,23,25). The second-order valence-electron chi connectivity index (χ2n) is 6.22. The van der Waals surface area contributed by atoms with Gasteiger partial charge in [-0.05, 0) is 56.5 Å². The SMILES string of the molecule is CCN(CC)c1ccc(NC(=O)CCCOCCc2ccccc2)cc1. The van der Waals surface area contributed by atoms with E-state index in [0.29, 0.717) is 19.6 Å². The minimum Gasteiger partial charge on any atom is -0.381 e. The molecule has 0 radical (unpaired) electrons. The van der Waals surface area contributed by atoms with Gasteiger partial charge in [0.25, 0.3) is 0 Å². The molecule has 0 saturated carbocycles. The fourth-order valence-corrected chi connectivity index (χ4v) is 2.84. The molecule has 0 aromatic heterocycles. The van der Waals surface area contributed by atoms with Gasteiger partial charge in [-0.25, -0.2) is 0 Å². The summed E-state index contributed by atoms with van der Waals surface area (Å²) in [5.41, 5.74) is 3.30. The lowest BCUT2D eigenvalue weighted by molar-refractivity contribution is -0.116. The maximum absolute atomic E-state index is 12.0. The maximum atomic E-state index is 12.0. The fraction of sp³-hybridized carbons (Fsp3) is 0.409. The molecule has 0 aliphatic carbocycles. The van der Waals surface area contributed by atoms with Crippen LogP contribution in [0.1, 0.15) is 32.3 Å². The Morgan fingerprint density at radius 1 is 0.962 bits per heavy atom. The van der Waals surface area contributed by atoms with Crippen LogP contribution in [0.2, 0.25) is 0 Å². The van der Waals surface area contributed by atoms with Gasteiger partial charge in [0.1, 0.15) is 0 Å². The maximum Gasteiger partial charge on any atom is 0.224 e. The third-order valence-corrected chi connectivity index (χ3v) is 4.35. The summed E-state index contributed by atoms with van der Waals surface area (Å²) in [6.45, 7) is 7.54. The number of hydrogen-bond donors (Lipinski definition) is 1. The molecule has 140 valence electrons. The van der Waals surface area contributed by atoms with Gasteiger partial charge in [0.15, 0.2) is 0 Å². The molecule has 0 aliphatic heterocycles. The van der Waals surface area contributed by atoms with Crippen molar-refractivity contribution < 1.29 is 9.53 Å². The number of benzene rings is 2. The second kappa shape index (κ2) is 11.3. The van der Waals surface area contributed by atoms with E-state index in [9.17, 15) is 4.79 Å². The zero-order valence-electron chi connectivity index (χ0n) is 15.9. The lowest BCUT2D eigenvalue weighted by Gasteiger charge is -2.21. The van der Waals surface area contributed by atoms with Crippen LogP contribution in [0.15, 0.2) is 54.6 Å². The van der Waals surface area contributed by atoms with Crippen LogP contribution >= 0.6 is 0 Å². The summed E-state index contributed by atoms with van der Waals surface area (Å²) < 4.78 is 5.62. The molecule has 2 aromatic carbocycles. The number of ether oxygens (including phenoxy) is 1. The molecule has 0 bridgehead atoms. The quantitative estimate of drug-likeness (QED) is 0.604. The van der Waals surface area contributed by atoms with Crippen molar-refractivity contribution in [2.75, 3.05) is 36.5 Å². The van der Waals surface area contributed by atoms with E-state index in [2.05, 4.69) is 48.3 Å². The topological polar surface area (TPSA) is 41.6 Å². The van der Waals surface area contributed by atoms with E-state index in [4.69, 9.17) is 4.74 Å². The number of hydrogen-bond acceptors (Lipinski definition) is 3. The molecule has 1 amide bonds. The zero-order chi connectivity index (χ0) is 18.6. The third-order valence-electron chi connectivity index (χ3n) is 4.35. The van der Waals surface area contributed by atoms with Crippen LogP contribution in [0.4, 0.5) is 11.4 Å². The molecule has 2 rings (SSSR count). The van der Waals surface area contributed by atoms with Crippen molar-refractivity contribution >= 4 is 17.3 Å². The summed E-state index contributed by atoms with van der Waals surface area (Å²) in [5.74, 6) is 0.0345. The Kier molecular flexibility index (Phi) is 8.70. The summed E-state index contributed by atoms with van der Waals surface area (Å²) in [6.07, 6.45) is 2.12. The Morgan fingerprint density at radius 2 is 1.65 bits per heavy atom. The van der Waals surface area contributed by atoms with Crippen LogP contribution in [0.5, 0.6) is 0 Å². The van der Waals surface area contributed by atoms with Crippen molar-refractivity contribution in [3.63, 3.8) is 0 Å². The van der Waals surface area contributed by atoms with E-state index in [1.165, 1.54) is 11.3 Å². The van der Waals surface area contributed by atoms with Crippen molar-refractivity contribution in [1.82, 2.24) is 0 Å². The average Bonchev–Trinajstić information content (AvgIpc) is 2.67. The average molecular weight is 354 g/mol. The summed E-state index contributed by atoms with van der Waals surface area (Å²) in [4.78, 5) is 14.3. The van der Waals surface area contributed by atoms with Gasteiger partial charge in [0, 0.05) is 37.5 Å². The Labute approximate surface area is 157 Å². The predicted octanol–water partition coefficient (Wildman–Crippen LogP) is 4.51. The number of rotatable bonds is 11. The van der Waals surface area contributed by atoms with Crippen molar-refractivity contribution in [1.29, 1.82) is 0 Å². The second-order valence-corrected chi connectivity index (χ2v) is 6.22. The van der Waals surface area contributed by atoms with Crippen molar-refractivity contribution in [3.8, 4) is 0 Å². The molecule has 0 fully saturated rings. The predicted molar refractivity (Wildman–Crippen MR) is 109 cm³/mol. The van der Waals surface area contributed by atoms with Gasteiger partial charge in [0.2, 0.25) is 5.91 Å². The van der Waals surface area contributed by atoms with Gasteiger partial charge in [-0.2, -0.15) is 0 Å². The van der Waals surface area contributed by atoms with Crippen molar-refractivity contribution in [2.45, 2.75) is 33.1 Å². The van der Waals surface area contributed by atoms with Crippen molar-refractivity contribution in [3.05, 3.63) is 60.2 Å². The molecule has 0 aliphatic rings. The van der Waals surface area contributed by atoms with Gasteiger partial charge < -0.3 is 15.0 Å².